The first-order valence-electron chi connectivity index (χ1n) is 12.9. The Morgan fingerprint density at radius 1 is 1.37 bits per heavy atom. The number of ether oxygens (including phenoxy) is 2. The fourth-order valence-corrected chi connectivity index (χ4v) is 6.07. The topological polar surface area (TPSA) is 110 Å². The summed E-state index contributed by atoms with van der Waals surface area (Å²) in [5, 5.41) is 9.74. The number of nitrogens with zero attached hydrogens (tertiary/aromatic N) is 1. The van der Waals surface area contributed by atoms with E-state index in [2.05, 4.69) is 57.6 Å². The number of rotatable bonds is 7. The van der Waals surface area contributed by atoms with Gasteiger partial charge in [0.2, 0.25) is 5.91 Å². The molecule has 0 aromatic heterocycles. The number of carbonyl (C=O) groups is 1. The average molecular weight is 615 g/mol. The summed E-state index contributed by atoms with van der Waals surface area (Å²) in [6.45, 7) is 10.9. The van der Waals surface area contributed by atoms with Crippen LogP contribution in [-0.2, 0) is 14.3 Å². The lowest BCUT2D eigenvalue weighted by molar-refractivity contribution is -0.138. The van der Waals surface area contributed by atoms with Crippen LogP contribution in [0.4, 0.5) is 4.39 Å². The normalized spacial score (nSPS) is 32.7. The van der Waals surface area contributed by atoms with Crippen LogP contribution >= 0.6 is 27.5 Å². The summed E-state index contributed by atoms with van der Waals surface area (Å²) in [6, 6.07) is 3.64. The van der Waals surface area contributed by atoms with Gasteiger partial charge in [-0.2, -0.15) is 0 Å². The number of amides is 1. The van der Waals surface area contributed by atoms with E-state index in [0.29, 0.717) is 26.0 Å². The number of aliphatic imine (C=N–C) groups is 1. The third kappa shape index (κ3) is 6.26. The number of halogens is 3. The Bertz CT molecular complexity index is 1110. The Balaban J connectivity index is 1.67. The predicted octanol–water partition coefficient (Wildman–Crippen LogP) is 3.93. The van der Waals surface area contributed by atoms with E-state index in [4.69, 9.17) is 26.8 Å². The molecule has 1 amide bonds. The summed E-state index contributed by atoms with van der Waals surface area (Å²) in [6.07, 6.45) is 3.93. The largest absolute Gasteiger partial charge is 0.367 e. The van der Waals surface area contributed by atoms with Crippen molar-refractivity contribution in [3.63, 3.8) is 0 Å². The van der Waals surface area contributed by atoms with Crippen LogP contribution < -0.4 is 21.7 Å². The summed E-state index contributed by atoms with van der Waals surface area (Å²) in [5.74, 6) is -2.25. The van der Waals surface area contributed by atoms with Crippen LogP contribution in [0, 0.1) is 11.2 Å². The molecule has 0 radical (unpaired) electrons. The minimum absolute atomic E-state index is 0.0213. The molecule has 2 fully saturated rings. The third-order valence-corrected chi connectivity index (χ3v) is 8.03. The van der Waals surface area contributed by atoms with Gasteiger partial charge in [0.15, 0.2) is 5.79 Å². The monoisotopic (exact) mass is 613 g/mol. The first-order valence-corrected chi connectivity index (χ1v) is 14.1. The molecule has 5 N–H and O–H groups in total. The highest BCUT2D eigenvalue weighted by atomic mass is 79.9. The van der Waals surface area contributed by atoms with Gasteiger partial charge in [0, 0.05) is 30.9 Å². The van der Waals surface area contributed by atoms with E-state index in [-0.39, 0.29) is 34.1 Å². The van der Waals surface area contributed by atoms with Crippen molar-refractivity contribution in [3.05, 3.63) is 45.3 Å². The first-order chi connectivity index (χ1) is 17.7. The molecule has 0 aliphatic carbocycles. The zero-order valence-corrected chi connectivity index (χ0v) is 24.8. The molecule has 4 rings (SSSR count). The van der Waals surface area contributed by atoms with Crippen molar-refractivity contribution < 1.29 is 18.7 Å². The molecule has 3 aliphatic rings. The van der Waals surface area contributed by atoms with Crippen molar-refractivity contribution in [1.82, 2.24) is 16.0 Å². The van der Waals surface area contributed by atoms with E-state index in [1.807, 2.05) is 13.8 Å². The first kappa shape index (κ1) is 29.4. The second-order valence-electron chi connectivity index (χ2n) is 12.0. The van der Waals surface area contributed by atoms with Crippen LogP contribution in [-0.4, -0.2) is 61.0 Å². The SMILES string of the molecule is CC(C)(C)C[C@@H]1N[C@@H](C(=O)NCC[C@H]2COC(C)(C)O2)[C@H](c2cccc(Cl)c2F)[C@@]1(N)C1N=CC(Br)=CN1. The van der Waals surface area contributed by atoms with Gasteiger partial charge >= 0.3 is 0 Å². The van der Waals surface area contributed by atoms with Crippen LogP contribution in [0.25, 0.3) is 0 Å². The maximum Gasteiger partial charge on any atom is 0.237 e. The van der Waals surface area contributed by atoms with Crippen molar-refractivity contribution in [2.24, 2.45) is 16.1 Å². The lowest BCUT2D eigenvalue weighted by Crippen LogP contribution is -2.65. The van der Waals surface area contributed by atoms with E-state index in [9.17, 15) is 4.79 Å². The number of hydrogen-bond donors (Lipinski definition) is 4. The molecule has 1 aromatic carbocycles. The molecule has 0 saturated carbocycles. The summed E-state index contributed by atoms with van der Waals surface area (Å²) < 4.78 is 27.8. The quantitative estimate of drug-likeness (QED) is 0.371. The van der Waals surface area contributed by atoms with Crippen molar-refractivity contribution in [1.29, 1.82) is 0 Å². The van der Waals surface area contributed by atoms with Crippen LogP contribution in [0.2, 0.25) is 5.02 Å². The number of nitrogens with two attached hydrogens (primary N) is 1. The van der Waals surface area contributed by atoms with Gasteiger partial charge in [-0.3, -0.25) is 9.79 Å². The van der Waals surface area contributed by atoms with Gasteiger partial charge < -0.3 is 31.2 Å². The second kappa shape index (κ2) is 11.1. The lowest BCUT2D eigenvalue weighted by atomic mass is 9.70. The Labute approximate surface area is 237 Å². The Morgan fingerprint density at radius 2 is 2.11 bits per heavy atom. The fraction of sp³-hybridized carbons (Fsp3) is 0.630. The molecule has 8 nitrogen and oxygen atoms in total. The van der Waals surface area contributed by atoms with E-state index in [1.54, 1.807) is 24.5 Å². The van der Waals surface area contributed by atoms with Crippen molar-refractivity contribution >= 4 is 39.7 Å². The minimum Gasteiger partial charge on any atom is -0.367 e. The molecule has 11 heteroatoms. The molecule has 6 atom stereocenters. The molecule has 0 spiro atoms. The molecule has 1 unspecified atom stereocenters. The Kier molecular flexibility index (Phi) is 8.62. The molecule has 2 saturated heterocycles. The summed E-state index contributed by atoms with van der Waals surface area (Å²) in [7, 11) is 0. The number of carbonyl (C=O) groups excluding carboxylic acids is 1. The standard InChI is InChI=1S/C27H38BrClFN5O3/c1-25(2,3)11-19-27(31,24-33-12-15(28)13-34-24)20(17-7-6-8-18(29)21(17)30)22(35-19)23(36)32-10-9-16-14-37-26(4,5)38-16/h6-8,12-13,16,19-20,22,24,33,35H,9-11,14,31H2,1-5H3,(H,32,36)/t16-,19-,20-,22+,24?,27+/m0/s1. The maximum atomic E-state index is 15.6. The van der Waals surface area contributed by atoms with Crippen molar-refractivity contribution in [2.45, 2.75) is 89.1 Å². The molecular formula is C27H38BrClFN5O3. The van der Waals surface area contributed by atoms with Crippen LogP contribution in [0.3, 0.4) is 0 Å². The Hall–Kier alpha value is -1.56. The van der Waals surface area contributed by atoms with E-state index in [0.717, 1.165) is 4.48 Å². The second-order valence-corrected chi connectivity index (χ2v) is 13.3. The summed E-state index contributed by atoms with van der Waals surface area (Å²) in [5.41, 5.74) is 6.28. The zero-order valence-electron chi connectivity index (χ0n) is 22.5. The summed E-state index contributed by atoms with van der Waals surface area (Å²) in [4.78, 5) is 18.4. The van der Waals surface area contributed by atoms with Gasteiger partial charge in [-0.15, -0.1) is 0 Å². The minimum atomic E-state index is -1.17. The summed E-state index contributed by atoms with van der Waals surface area (Å²) >= 11 is 9.63. The van der Waals surface area contributed by atoms with Crippen LogP contribution in [0.1, 0.15) is 58.9 Å². The van der Waals surface area contributed by atoms with Gasteiger partial charge in [0.25, 0.3) is 0 Å². The smallest absolute Gasteiger partial charge is 0.237 e. The molecule has 210 valence electrons. The molecule has 3 aliphatic heterocycles. The third-order valence-electron chi connectivity index (χ3n) is 7.30. The van der Waals surface area contributed by atoms with Gasteiger partial charge in [-0.25, -0.2) is 4.39 Å². The molecule has 0 bridgehead atoms. The van der Waals surface area contributed by atoms with Crippen LogP contribution in [0.5, 0.6) is 0 Å². The number of allylic oxidation sites excluding steroid dienone is 1. The van der Waals surface area contributed by atoms with Crippen molar-refractivity contribution in [2.75, 3.05) is 13.2 Å². The maximum absolute atomic E-state index is 15.6. The van der Waals surface area contributed by atoms with Gasteiger partial charge in [-0.1, -0.05) is 44.5 Å². The highest BCUT2D eigenvalue weighted by Crippen LogP contribution is 2.46. The van der Waals surface area contributed by atoms with E-state index >= 15 is 4.39 Å². The zero-order chi connectivity index (χ0) is 27.9. The fourth-order valence-electron chi connectivity index (χ4n) is 5.64. The Morgan fingerprint density at radius 3 is 2.71 bits per heavy atom. The molecule has 38 heavy (non-hydrogen) atoms. The van der Waals surface area contributed by atoms with Crippen LogP contribution in [0.15, 0.2) is 33.9 Å². The van der Waals surface area contributed by atoms with E-state index in [1.165, 1.54) is 6.07 Å². The average Bonchev–Trinajstić information content (AvgIpc) is 3.31. The lowest BCUT2D eigenvalue weighted by Gasteiger charge is -2.43. The number of benzene rings is 1. The van der Waals surface area contributed by atoms with Gasteiger partial charge in [-0.05, 0) is 59.7 Å². The van der Waals surface area contributed by atoms with Crippen molar-refractivity contribution in [3.8, 4) is 0 Å². The molecule has 3 heterocycles. The molecule has 1 aromatic rings. The highest BCUT2D eigenvalue weighted by Gasteiger charge is 2.60. The molecular weight excluding hydrogens is 577 g/mol. The predicted molar refractivity (Wildman–Crippen MR) is 151 cm³/mol. The van der Waals surface area contributed by atoms with Gasteiger partial charge in [0.05, 0.1) is 33.8 Å². The van der Waals surface area contributed by atoms with E-state index < -0.39 is 35.3 Å². The van der Waals surface area contributed by atoms with Gasteiger partial charge in [0.1, 0.15) is 12.0 Å². The number of nitrogens with one attached hydrogen (secondary N) is 3. The highest BCUT2D eigenvalue weighted by molar-refractivity contribution is 9.12. The number of hydrogen-bond acceptors (Lipinski definition) is 7.